The van der Waals surface area contributed by atoms with Gasteiger partial charge in [-0.25, -0.2) is 0 Å². The van der Waals surface area contributed by atoms with Gasteiger partial charge in [-0.3, -0.25) is 0 Å². The van der Waals surface area contributed by atoms with E-state index in [0.29, 0.717) is 5.92 Å². The number of hydrogen-bond donors (Lipinski definition) is 0. The van der Waals surface area contributed by atoms with Gasteiger partial charge in [0.1, 0.15) is 0 Å². The average Bonchev–Trinajstić information content (AvgIpc) is 3.46. The molecule has 0 fully saturated rings. The SMILES string of the molecule is CCC1c2ccccc2-c2ccccc21.[Cl-].[Cl-].[Zr+4].[c-]1ccccc1.c1ccc2c(c1)[cH-]c1ccccc12. The fourth-order valence-electron chi connectivity index (χ4n) is 4.95. The maximum Gasteiger partial charge on any atom is 4.00 e. The zero-order chi connectivity index (χ0) is 23.2. The molecule has 0 bridgehead atoms. The predicted octanol–water partition coefficient (Wildman–Crippen LogP) is 3.41. The maximum atomic E-state index is 2.89. The van der Waals surface area contributed by atoms with Crippen LogP contribution in [0, 0.1) is 6.07 Å². The van der Waals surface area contributed by atoms with E-state index >= 15 is 0 Å². The average molecular weight is 599 g/mol. The van der Waals surface area contributed by atoms with Crippen LogP contribution in [0.25, 0.3) is 32.7 Å². The first kappa shape index (κ1) is 30.7. The summed E-state index contributed by atoms with van der Waals surface area (Å²) >= 11 is 0. The topological polar surface area (TPSA) is 0 Å². The summed E-state index contributed by atoms with van der Waals surface area (Å²) in [6.45, 7) is 2.27. The first-order chi connectivity index (χ1) is 16.9. The Hall–Kier alpha value is -2.57. The molecule has 1 aliphatic carbocycles. The molecule has 0 atom stereocenters. The van der Waals surface area contributed by atoms with Crippen molar-refractivity contribution >= 4 is 21.5 Å². The number of halogens is 2. The summed E-state index contributed by atoms with van der Waals surface area (Å²) in [6, 6.07) is 49.3. The van der Waals surface area contributed by atoms with Gasteiger partial charge in [0, 0.05) is 5.92 Å². The molecule has 182 valence electrons. The van der Waals surface area contributed by atoms with Gasteiger partial charge in [-0.15, -0.1) is 39.7 Å². The molecule has 6 aromatic rings. The van der Waals surface area contributed by atoms with Crippen LogP contribution in [-0.2, 0) is 26.2 Å². The van der Waals surface area contributed by atoms with Crippen LogP contribution in [0.3, 0.4) is 0 Å². The molecule has 0 nitrogen and oxygen atoms in total. The van der Waals surface area contributed by atoms with Crippen molar-refractivity contribution < 1.29 is 51.0 Å². The minimum absolute atomic E-state index is 0. The van der Waals surface area contributed by atoms with Crippen molar-refractivity contribution in [2.45, 2.75) is 19.3 Å². The van der Waals surface area contributed by atoms with Crippen LogP contribution in [0.15, 0.2) is 133 Å². The van der Waals surface area contributed by atoms with E-state index in [1.165, 1.54) is 50.2 Å². The second-order valence-corrected chi connectivity index (χ2v) is 8.53. The minimum Gasteiger partial charge on any atom is -1.00 e. The Kier molecular flexibility index (Phi) is 12.4. The molecule has 0 spiro atoms. The van der Waals surface area contributed by atoms with E-state index in [0.717, 1.165) is 0 Å². The molecule has 0 aromatic heterocycles. The summed E-state index contributed by atoms with van der Waals surface area (Å²) in [4.78, 5) is 0. The van der Waals surface area contributed by atoms with E-state index < -0.39 is 0 Å². The van der Waals surface area contributed by atoms with Gasteiger partial charge in [0.25, 0.3) is 0 Å². The Morgan fingerprint density at radius 2 is 1.00 bits per heavy atom. The summed E-state index contributed by atoms with van der Waals surface area (Å²) in [5.74, 6) is 0.609. The summed E-state index contributed by atoms with van der Waals surface area (Å²) < 4.78 is 0. The van der Waals surface area contributed by atoms with E-state index in [9.17, 15) is 0 Å². The molecule has 37 heavy (non-hydrogen) atoms. The maximum absolute atomic E-state index is 2.89. The van der Waals surface area contributed by atoms with E-state index in [2.05, 4.69) is 116 Å². The van der Waals surface area contributed by atoms with Crippen molar-refractivity contribution in [1.82, 2.24) is 0 Å². The molecule has 6 aromatic carbocycles. The third kappa shape index (κ3) is 6.85. The zero-order valence-corrected chi connectivity index (χ0v) is 24.7. The molecular weight excluding hydrogens is 571 g/mol. The molecule has 0 aliphatic heterocycles. The standard InChI is InChI=1S/C15H14.C13H9.C6H5.2ClH.Zr/c1-2-11-12-7-3-5-9-14(12)15-10-6-4-8-13(11)15;1-3-7-12-10(5-1)9-11-6-2-4-8-13(11)12;1-2-4-6-5-3-1;;;/h3-11H,2H2,1H3;1-9H;1-5H;2*1H;/q;2*-1;;;+4/p-2. The van der Waals surface area contributed by atoms with Gasteiger partial charge >= 0.3 is 26.2 Å². The van der Waals surface area contributed by atoms with Gasteiger partial charge in [-0.2, -0.15) is 36.4 Å². The second kappa shape index (κ2) is 15.0. The summed E-state index contributed by atoms with van der Waals surface area (Å²) in [5, 5.41) is 5.39. The fraction of sp³-hybridized carbons (Fsp3) is 0.0882. The molecule has 7 rings (SSSR count). The number of fused-ring (bicyclic) bond motifs is 6. The summed E-state index contributed by atoms with van der Waals surface area (Å²) in [5.41, 5.74) is 5.86. The van der Waals surface area contributed by atoms with E-state index in [-0.39, 0.29) is 51.0 Å². The van der Waals surface area contributed by atoms with Crippen molar-refractivity contribution in [3.63, 3.8) is 0 Å². The van der Waals surface area contributed by atoms with Crippen LogP contribution in [0.4, 0.5) is 0 Å². The van der Waals surface area contributed by atoms with Crippen LogP contribution in [0.2, 0.25) is 0 Å². The van der Waals surface area contributed by atoms with Crippen LogP contribution in [-0.4, -0.2) is 0 Å². The van der Waals surface area contributed by atoms with Gasteiger partial charge in [0.2, 0.25) is 0 Å². The molecule has 3 heteroatoms. The van der Waals surface area contributed by atoms with E-state index in [4.69, 9.17) is 0 Å². The van der Waals surface area contributed by atoms with Crippen molar-refractivity contribution in [2.24, 2.45) is 0 Å². The predicted molar refractivity (Wildman–Crippen MR) is 146 cm³/mol. The second-order valence-electron chi connectivity index (χ2n) is 8.53. The van der Waals surface area contributed by atoms with Crippen molar-refractivity contribution in [2.75, 3.05) is 0 Å². The Labute approximate surface area is 252 Å². The molecule has 0 saturated carbocycles. The third-order valence-electron chi connectivity index (χ3n) is 6.50. The van der Waals surface area contributed by atoms with Crippen molar-refractivity contribution in [1.29, 1.82) is 0 Å². The largest absolute Gasteiger partial charge is 4.00 e. The molecule has 0 unspecified atom stereocenters. The molecule has 0 saturated heterocycles. The van der Waals surface area contributed by atoms with Crippen molar-refractivity contribution in [3.05, 3.63) is 151 Å². The van der Waals surface area contributed by atoms with Crippen LogP contribution >= 0.6 is 0 Å². The monoisotopic (exact) mass is 596 g/mol. The zero-order valence-electron chi connectivity index (χ0n) is 20.7. The van der Waals surface area contributed by atoms with Gasteiger partial charge < -0.3 is 24.8 Å². The van der Waals surface area contributed by atoms with Gasteiger partial charge in [-0.05, 0) is 28.7 Å². The van der Waals surface area contributed by atoms with Gasteiger partial charge in [-0.1, -0.05) is 91.9 Å². The Morgan fingerprint density at radius 1 is 0.568 bits per heavy atom. The van der Waals surface area contributed by atoms with Crippen LogP contribution in [0.5, 0.6) is 0 Å². The van der Waals surface area contributed by atoms with E-state index in [1.54, 1.807) is 0 Å². The fourth-order valence-corrected chi connectivity index (χ4v) is 4.95. The first-order valence-electron chi connectivity index (χ1n) is 12.0. The third-order valence-corrected chi connectivity index (χ3v) is 6.50. The van der Waals surface area contributed by atoms with Crippen molar-refractivity contribution in [3.8, 4) is 11.1 Å². The number of hydrogen-bond acceptors (Lipinski definition) is 0. The number of rotatable bonds is 1. The Morgan fingerprint density at radius 3 is 1.41 bits per heavy atom. The van der Waals surface area contributed by atoms with E-state index in [1.807, 2.05) is 30.3 Å². The molecule has 0 radical (unpaired) electrons. The normalized spacial score (nSPS) is 10.7. The molecule has 0 heterocycles. The van der Waals surface area contributed by atoms with Gasteiger partial charge in [0.15, 0.2) is 0 Å². The number of benzene rings is 5. The smallest absolute Gasteiger partial charge is 1.00 e. The molecule has 0 amide bonds. The molecule has 1 aliphatic rings. The van der Waals surface area contributed by atoms with Gasteiger partial charge in [0.05, 0.1) is 0 Å². The molecular formula is C34H28Cl2Zr. The van der Waals surface area contributed by atoms with Crippen LogP contribution < -0.4 is 24.8 Å². The van der Waals surface area contributed by atoms with Crippen LogP contribution in [0.1, 0.15) is 30.4 Å². The first-order valence-corrected chi connectivity index (χ1v) is 12.0. The Bertz CT molecular complexity index is 1380. The quantitative estimate of drug-likeness (QED) is 0.255. The Balaban J connectivity index is 0.000000202. The summed E-state index contributed by atoms with van der Waals surface area (Å²) in [7, 11) is 0. The molecule has 0 N–H and O–H groups in total. The minimum atomic E-state index is 0. The summed E-state index contributed by atoms with van der Waals surface area (Å²) in [6.07, 6.45) is 1.19.